The number of benzene rings is 2. The molecule has 1 aliphatic rings. The number of ether oxygens (including phenoxy) is 1. The number of aryl methyl sites for hydroxylation is 1. The molecule has 0 aromatic heterocycles. The lowest BCUT2D eigenvalue weighted by Crippen LogP contribution is -2.27. The summed E-state index contributed by atoms with van der Waals surface area (Å²) in [6.45, 7) is 2.91. The van der Waals surface area contributed by atoms with Crippen LogP contribution in [0.2, 0.25) is 0 Å². The van der Waals surface area contributed by atoms with Gasteiger partial charge >= 0.3 is 0 Å². The fraction of sp³-hybridized carbons (Fsp3) is 0.294. The molecule has 0 aliphatic carbocycles. The first-order valence-electron chi connectivity index (χ1n) is 6.88. The average Bonchev–Trinajstić information content (AvgIpc) is 2.81. The predicted octanol–water partition coefficient (Wildman–Crippen LogP) is 3.32. The van der Waals surface area contributed by atoms with Crippen LogP contribution in [-0.4, -0.2) is 19.7 Å². The van der Waals surface area contributed by atoms with Gasteiger partial charge in [-0.25, -0.2) is 4.39 Å². The van der Waals surface area contributed by atoms with Crippen LogP contribution in [-0.2, 0) is 6.42 Å². The van der Waals surface area contributed by atoms with Crippen molar-refractivity contribution in [3.63, 3.8) is 0 Å². The van der Waals surface area contributed by atoms with E-state index in [1.807, 2.05) is 7.05 Å². The van der Waals surface area contributed by atoms with Gasteiger partial charge in [0.15, 0.2) is 0 Å². The summed E-state index contributed by atoms with van der Waals surface area (Å²) in [6, 6.07) is 10.9. The number of hydrogen-bond acceptors (Lipinski definition) is 2. The Labute approximate surface area is 118 Å². The number of fused-ring (bicyclic) bond motifs is 1. The Balaban J connectivity index is 2.03. The Kier molecular flexibility index (Phi) is 3.45. The summed E-state index contributed by atoms with van der Waals surface area (Å²) < 4.78 is 19.1. The van der Waals surface area contributed by atoms with E-state index in [4.69, 9.17) is 4.74 Å². The molecule has 0 spiro atoms. The van der Waals surface area contributed by atoms with E-state index in [1.54, 1.807) is 12.1 Å². The van der Waals surface area contributed by atoms with Crippen molar-refractivity contribution >= 4 is 0 Å². The Hall–Kier alpha value is -1.87. The maximum atomic E-state index is 13.1. The summed E-state index contributed by atoms with van der Waals surface area (Å²) in [5.41, 5.74) is 4.50. The molecule has 0 radical (unpaired) electrons. The number of halogens is 1. The van der Waals surface area contributed by atoms with Crippen LogP contribution in [0.1, 0.15) is 11.1 Å². The molecule has 104 valence electrons. The van der Waals surface area contributed by atoms with Gasteiger partial charge in [0.2, 0.25) is 0 Å². The average molecular weight is 271 g/mol. The molecule has 0 saturated carbocycles. The van der Waals surface area contributed by atoms with Crippen LogP contribution in [0.15, 0.2) is 36.4 Å². The maximum absolute atomic E-state index is 13.1. The number of likely N-dealkylation sites (N-methyl/N-ethyl adjacent to an activating group) is 1. The zero-order valence-corrected chi connectivity index (χ0v) is 11.7. The molecule has 1 heterocycles. The van der Waals surface area contributed by atoms with Gasteiger partial charge in [-0.3, -0.25) is 0 Å². The van der Waals surface area contributed by atoms with Gasteiger partial charge in [-0.1, -0.05) is 18.2 Å². The lowest BCUT2D eigenvalue weighted by atomic mass is 9.98. The molecule has 2 aromatic carbocycles. The molecule has 3 heteroatoms. The van der Waals surface area contributed by atoms with Crippen molar-refractivity contribution in [2.75, 3.05) is 13.6 Å². The molecular formula is C17H18FNO. The van der Waals surface area contributed by atoms with Gasteiger partial charge in [0.1, 0.15) is 17.7 Å². The fourth-order valence-corrected chi connectivity index (χ4v) is 2.78. The first kappa shape index (κ1) is 13.1. The standard InChI is InChI=1S/C17H18FNO/c1-11-7-13-9-15(10-19-2)20-17(13)16(8-11)12-3-5-14(18)6-4-12/h3-8,15,19H,9-10H2,1-2H3/t15-/m1/s1. The highest BCUT2D eigenvalue weighted by Crippen LogP contribution is 2.39. The second-order valence-corrected chi connectivity index (χ2v) is 5.31. The molecule has 1 atom stereocenters. The molecule has 3 rings (SSSR count). The van der Waals surface area contributed by atoms with Gasteiger partial charge in [-0.2, -0.15) is 0 Å². The molecule has 1 N–H and O–H groups in total. The molecule has 20 heavy (non-hydrogen) atoms. The van der Waals surface area contributed by atoms with Gasteiger partial charge in [0, 0.05) is 18.5 Å². The Morgan fingerprint density at radius 3 is 2.70 bits per heavy atom. The van der Waals surface area contributed by atoms with Crippen LogP contribution >= 0.6 is 0 Å². The first-order valence-corrected chi connectivity index (χ1v) is 6.88. The smallest absolute Gasteiger partial charge is 0.130 e. The van der Waals surface area contributed by atoms with Crippen molar-refractivity contribution in [2.24, 2.45) is 0 Å². The maximum Gasteiger partial charge on any atom is 0.130 e. The summed E-state index contributed by atoms with van der Waals surface area (Å²) in [5.74, 6) is 0.731. The normalized spacial score (nSPS) is 16.9. The molecule has 0 amide bonds. The zero-order chi connectivity index (χ0) is 14.1. The van der Waals surface area contributed by atoms with E-state index in [9.17, 15) is 4.39 Å². The molecule has 2 nitrogen and oxygen atoms in total. The Morgan fingerprint density at radius 2 is 2.00 bits per heavy atom. The minimum Gasteiger partial charge on any atom is -0.488 e. The van der Waals surface area contributed by atoms with E-state index in [0.717, 1.165) is 29.8 Å². The highest BCUT2D eigenvalue weighted by atomic mass is 19.1. The molecule has 0 bridgehead atoms. The predicted molar refractivity (Wildman–Crippen MR) is 78.6 cm³/mol. The summed E-state index contributed by atoms with van der Waals surface area (Å²) in [5, 5.41) is 3.15. The molecule has 0 unspecified atom stereocenters. The van der Waals surface area contributed by atoms with Crippen LogP contribution < -0.4 is 10.1 Å². The Morgan fingerprint density at radius 1 is 1.25 bits per heavy atom. The number of nitrogens with one attached hydrogen (secondary N) is 1. The van der Waals surface area contributed by atoms with E-state index in [0.29, 0.717) is 0 Å². The summed E-state index contributed by atoms with van der Waals surface area (Å²) in [4.78, 5) is 0. The number of rotatable bonds is 3. The third-order valence-electron chi connectivity index (χ3n) is 3.63. The van der Waals surface area contributed by atoms with Gasteiger partial charge in [0.25, 0.3) is 0 Å². The van der Waals surface area contributed by atoms with Gasteiger partial charge in [0.05, 0.1) is 0 Å². The number of hydrogen-bond donors (Lipinski definition) is 1. The second kappa shape index (κ2) is 5.25. The van der Waals surface area contributed by atoms with Crippen molar-refractivity contribution in [1.82, 2.24) is 5.32 Å². The van der Waals surface area contributed by atoms with Crippen molar-refractivity contribution < 1.29 is 9.13 Å². The molecular weight excluding hydrogens is 253 g/mol. The SMILES string of the molecule is CNC[C@H]1Cc2cc(C)cc(-c3ccc(F)cc3)c2O1. The van der Waals surface area contributed by atoms with Crippen LogP contribution in [0.25, 0.3) is 11.1 Å². The quantitative estimate of drug-likeness (QED) is 0.924. The van der Waals surface area contributed by atoms with Crippen molar-refractivity contribution in [2.45, 2.75) is 19.4 Å². The van der Waals surface area contributed by atoms with E-state index >= 15 is 0 Å². The lowest BCUT2D eigenvalue weighted by molar-refractivity contribution is 0.232. The van der Waals surface area contributed by atoms with Crippen LogP contribution in [0.5, 0.6) is 5.75 Å². The first-order chi connectivity index (χ1) is 9.67. The van der Waals surface area contributed by atoms with E-state index in [-0.39, 0.29) is 11.9 Å². The molecule has 2 aromatic rings. The minimum atomic E-state index is -0.216. The third-order valence-corrected chi connectivity index (χ3v) is 3.63. The topological polar surface area (TPSA) is 21.3 Å². The van der Waals surface area contributed by atoms with Gasteiger partial charge in [-0.05, 0) is 48.9 Å². The monoisotopic (exact) mass is 271 g/mol. The third kappa shape index (κ3) is 2.41. The van der Waals surface area contributed by atoms with Crippen LogP contribution in [0, 0.1) is 12.7 Å². The van der Waals surface area contributed by atoms with Crippen molar-refractivity contribution in [1.29, 1.82) is 0 Å². The summed E-state index contributed by atoms with van der Waals surface area (Å²) in [7, 11) is 1.93. The largest absolute Gasteiger partial charge is 0.488 e. The van der Waals surface area contributed by atoms with E-state index in [1.165, 1.54) is 23.3 Å². The van der Waals surface area contributed by atoms with Crippen LogP contribution in [0.4, 0.5) is 4.39 Å². The minimum absolute atomic E-state index is 0.177. The highest BCUT2D eigenvalue weighted by Gasteiger charge is 2.25. The van der Waals surface area contributed by atoms with Crippen molar-refractivity contribution in [3.05, 3.63) is 53.3 Å². The molecule has 0 saturated heterocycles. The second-order valence-electron chi connectivity index (χ2n) is 5.31. The fourth-order valence-electron chi connectivity index (χ4n) is 2.78. The zero-order valence-electron chi connectivity index (χ0n) is 11.7. The van der Waals surface area contributed by atoms with E-state index < -0.39 is 0 Å². The van der Waals surface area contributed by atoms with Gasteiger partial charge < -0.3 is 10.1 Å². The Bertz CT molecular complexity index is 622. The van der Waals surface area contributed by atoms with E-state index in [2.05, 4.69) is 24.4 Å². The van der Waals surface area contributed by atoms with Crippen molar-refractivity contribution in [3.8, 4) is 16.9 Å². The molecule has 1 aliphatic heterocycles. The highest BCUT2D eigenvalue weighted by molar-refractivity contribution is 5.74. The van der Waals surface area contributed by atoms with Crippen LogP contribution in [0.3, 0.4) is 0 Å². The lowest BCUT2D eigenvalue weighted by Gasteiger charge is -2.12. The summed E-state index contributed by atoms with van der Waals surface area (Å²) in [6.07, 6.45) is 1.10. The molecule has 0 fully saturated rings. The van der Waals surface area contributed by atoms with Gasteiger partial charge in [-0.15, -0.1) is 0 Å². The summed E-state index contributed by atoms with van der Waals surface area (Å²) >= 11 is 0.